The third kappa shape index (κ3) is 3.62. The van der Waals surface area contributed by atoms with Gasteiger partial charge in [-0.3, -0.25) is 0 Å². The van der Waals surface area contributed by atoms with Crippen molar-refractivity contribution in [1.29, 1.82) is 0 Å². The summed E-state index contributed by atoms with van der Waals surface area (Å²) in [5, 5.41) is 2.52. The molecule has 0 amide bonds. The smallest absolute Gasteiger partial charge is 0.416 e. The highest BCUT2D eigenvalue weighted by molar-refractivity contribution is 5.43. The molecule has 0 saturated heterocycles. The first kappa shape index (κ1) is 15.1. The van der Waals surface area contributed by atoms with E-state index in [2.05, 4.69) is 10.3 Å². The van der Waals surface area contributed by atoms with Crippen LogP contribution in [0.25, 0.3) is 0 Å². The average Bonchev–Trinajstić information content (AvgIpc) is 2.41. The molecule has 1 heterocycles. The molecule has 0 spiro atoms. The quantitative estimate of drug-likeness (QED) is 0.854. The molecule has 21 heavy (non-hydrogen) atoms. The Labute approximate surface area is 118 Å². The van der Waals surface area contributed by atoms with Crippen molar-refractivity contribution < 1.29 is 22.3 Å². The van der Waals surface area contributed by atoms with E-state index in [1.165, 1.54) is 19.2 Å². The summed E-state index contributed by atoms with van der Waals surface area (Å²) in [5.74, 6) is -0.690. The number of aryl methyl sites for hydroxylation is 1. The van der Waals surface area contributed by atoms with Crippen LogP contribution in [0.5, 0.6) is 11.6 Å². The Morgan fingerprint density at radius 2 is 1.86 bits per heavy atom. The normalized spacial score (nSPS) is 11.3. The predicted molar refractivity (Wildman–Crippen MR) is 70.0 cm³/mol. The highest BCUT2D eigenvalue weighted by Gasteiger charge is 2.32. The summed E-state index contributed by atoms with van der Waals surface area (Å²) in [6.07, 6.45) is -4.52. The van der Waals surface area contributed by atoms with Crippen molar-refractivity contribution in [3.8, 4) is 11.6 Å². The number of halogens is 4. The molecule has 1 aromatic heterocycles. The van der Waals surface area contributed by atoms with E-state index in [1.54, 1.807) is 6.92 Å². The van der Waals surface area contributed by atoms with Crippen LogP contribution in [0.2, 0.25) is 0 Å². The number of anilines is 1. The Morgan fingerprint density at radius 3 is 2.43 bits per heavy atom. The number of nitrogens with zero attached hydrogens (tertiary/aromatic N) is 1. The Balaban J connectivity index is 2.36. The van der Waals surface area contributed by atoms with Gasteiger partial charge in [-0.1, -0.05) is 6.07 Å². The molecule has 0 aliphatic carbocycles. The van der Waals surface area contributed by atoms with Crippen LogP contribution in [0.15, 0.2) is 30.3 Å². The first-order chi connectivity index (χ1) is 9.79. The molecular weight excluding hydrogens is 288 g/mol. The second-order valence-corrected chi connectivity index (χ2v) is 4.34. The molecule has 1 N–H and O–H groups in total. The van der Waals surface area contributed by atoms with E-state index in [0.717, 1.165) is 18.2 Å². The molecule has 112 valence electrons. The van der Waals surface area contributed by atoms with Gasteiger partial charge in [-0.2, -0.15) is 18.2 Å². The molecule has 0 aliphatic heterocycles. The number of rotatable bonds is 3. The fraction of sp³-hybridized carbons (Fsp3) is 0.214. The van der Waals surface area contributed by atoms with Gasteiger partial charge in [0.25, 0.3) is 0 Å². The van der Waals surface area contributed by atoms with Gasteiger partial charge in [0.1, 0.15) is 17.4 Å². The number of alkyl halides is 3. The lowest BCUT2D eigenvalue weighted by Gasteiger charge is -2.12. The maximum atomic E-state index is 13.4. The molecule has 0 atom stereocenters. The maximum Gasteiger partial charge on any atom is 0.416 e. The summed E-state index contributed by atoms with van der Waals surface area (Å²) in [6.45, 7) is 1.57. The van der Waals surface area contributed by atoms with Crippen molar-refractivity contribution >= 4 is 5.82 Å². The molecule has 0 fully saturated rings. The average molecular weight is 300 g/mol. The Bertz CT molecular complexity index is 656. The van der Waals surface area contributed by atoms with E-state index in [9.17, 15) is 17.6 Å². The fourth-order valence-electron chi connectivity index (χ4n) is 1.61. The number of pyridine rings is 1. The Kier molecular flexibility index (Phi) is 4.02. The van der Waals surface area contributed by atoms with Crippen LogP contribution in [0, 0.1) is 12.7 Å². The number of hydrogen-bond acceptors (Lipinski definition) is 3. The van der Waals surface area contributed by atoms with Crippen LogP contribution < -0.4 is 10.1 Å². The van der Waals surface area contributed by atoms with Crippen LogP contribution in [-0.4, -0.2) is 12.0 Å². The number of benzene rings is 1. The second-order valence-electron chi connectivity index (χ2n) is 4.34. The van der Waals surface area contributed by atoms with E-state index in [1.807, 2.05) is 0 Å². The third-order valence-electron chi connectivity index (χ3n) is 2.75. The van der Waals surface area contributed by atoms with Crippen molar-refractivity contribution in [2.75, 3.05) is 12.4 Å². The number of hydrogen-bond donors (Lipinski definition) is 1. The summed E-state index contributed by atoms with van der Waals surface area (Å²) in [7, 11) is 1.44. The first-order valence-electron chi connectivity index (χ1n) is 6.00. The molecule has 0 unspecified atom stereocenters. The SMILES string of the molecule is CNc1cc(C(F)(F)F)cc(Oc2ccc(C)c(F)c2)n1. The summed E-state index contributed by atoms with van der Waals surface area (Å²) in [4.78, 5) is 3.86. The Morgan fingerprint density at radius 1 is 1.14 bits per heavy atom. The summed E-state index contributed by atoms with van der Waals surface area (Å²) < 4.78 is 56.9. The van der Waals surface area contributed by atoms with Crippen molar-refractivity contribution in [3.63, 3.8) is 0 Å². The van der Waals surface area contributed by atoms with Crippen molar-refractivity contribution in [3.05, 3.63) is 47.3 Å². The second kappa shape index (κ2) is 5.59. The van der Waals surface area contributed by atoms with Crippen molar-refractivity contribution in [2.45, 2.75) is 13.1 Å². The van der Waals surface area contributed by atoms with Gasteiger partial charge >= 0.3 is 6.18 Å². The monoisotopic (exact) mass is 300 g/mol. The zero-order chi connectivity index (χ0) is 15.6. The largest absolute Gasteiger partial charge is 0.439 e. The predicted octanol–water partition coefficient (Wildman–Crippen LogP) is 4.38. The molecule has 3 nitrogen and oxygen atoms in total. The fourth-order valence-corrected chi connectivity index (χ4v) is 1.61. The van der Waals surface area contributed by atoms with Crippen LogP contribution in [0.3, 0.4) is 0 Å². The van der Waals surface area contributed by atoms with Gasteiger partial charge in [-0.05, 0) is 24.6 Å². The van der Waals surface area contributed by atoms with Gasteiger partial charge in [0.05, 0.1) is 5.56 Å². The topological polar surface area (TPSA) is 34.1 Å². The van der Waals surface area contributed by atoms with E-state index in [4.69, 9.17) is 4.74 Å². The summed E-state index contributed by atoms with van der Waals surface area (Å²) >= 11 is 0. The number of aromatic nitrogens is 1. The zero-order valence-corrected chi connectivity index (χ0v) is 11.3. The number of nitrogens with one attached hydrogen (secondary N) is 1. The van der Waals surface area contributed by atoms with Crippen LogP contribution in [0.4, 0.5) is 23.4 Å². The van der Waals surface area contributed by atoms with Gasteiger partial charge < -0.3 is 10.1 Å². The zero-order valence-electron chi connectivity index (χ0n) is 11.3. The maximum absolute atomic E-state index is 13.4. The van der Waals surface area contributed by atoms with E-state index >= 15 is 0 Å². The van der Waals surface area contributed by atoms with Crippen LogP contribution >= 0.6 is 0 Å². The van der Waals surface area contributed by atoms with Gasteiger partial charge in [-0.15, -0.1) is 0 Å². The molecule has 2 rings (SSSR count). The molecule has 2 aromatic rings. The molecule has 0 radical (unpaired) electrons. The highest BCUT2D eigenvalue weighted by Crippen LogP contribution is 2.33. The van der Waals surface area contributed by atoms with E-state index in [0.29, 0.717) is 5.56 Å². The van der Waals surface area contributed by atoms with Gasteiger partial charge in [0, 0.05) is 19.2 Å². The van der Waals surface area contributed by atoms with Gasteiger partial charge in [-0.25, -0.2) is 4.39 Å². The first-order valence-corrected chi connectivity index (χ1v) is 6.00. The van der Waals surface area contributed by atoms with Crippen LogP contribution in [-0.2, 0) is 6.18 Å². The highest BCUT2D eigenvalue weighted by atomic mass is 19.4. The van der Waals surface area contributed by atoms with Crippen molar-refractivity contribution in [2.24, 2.45) is 0 Å². The molecule has 0 aliphatic rings. The minimum absolute atomic E-state index is 0.00686. The lowest BCUT2D eigenvalue weighted by molar-refractivity contribution is -0.137. The Hall–Kier alpha value is -2.31. The molecular formula is C14H12F4N2O. The molecule has 1 aromatic carbocycles. The minimum Gasteiger partial charge on any atom is -0.439 e. The minimum atomic E-state index is -4.52. The summed E-state index contributed by atoms with van der Waals surface area (Å²) in [6, 6.07) is 5.65. The number of ether oxygens (including phenoxy) is 1. The molecule has 0 saturated carbocycles. The third-order valence-corrected chi connectivity index (χ3v) is 2.75. The van der Waals surface area contributed by atoms with E-state index in [-0.39, 0.29) is 17.4 Å². The van der Waals surface area contributed by atoms with E-state index < -0.39 is 17.6 Å². The van der Waals surface area contributed by atoms with Crippen LogP contribution in [0.1, 0.15) is 11.1 Å². The van der Waals surface area contributed by atoms with Gasteiger partial charge in [0.15, 0.2) is 0 Å². The molecule has 7 heteroatoms. The molecule has 0 bridgehead atoms. The lowest BCUT2D eigenvalue weighted by Crippen LogP contribution is -2.07. The van der Waals surface area contributed by atoms with Gasteiger partial charge in [0.2, 0.25) is 5.88 Å². The lowest BCUT2D eigenvalue weighted by atomic mass is 10.2. The van der Waals surface area contributed by atoms with Crippen molar-refractivity contribution in [1.82, 2.24) is 4.98 Å². The summed E-state index contributed by atoms with van der Waals surface area (Å²) in [5.41, 5.74) is -0.486. The standard InChI is InChI=1S/C14H12F4N2O/c1-8-3-4-10(7-11(8)15)21-13-6-9(14(16,17)18)5-12(19-2)20-13/h3-7H,1-2H3,(H,19,20).